The smallest absolute Gasteiger partial charge is 0.265 e. The Morgan fingerprint density at radius 2 is 1.67 bits per heavy atom. The van der Waals surface area contributed by atoms with Gasteiger partial charge in [0.05, 0.1) is 11.8 Å². The van der Waals surface area contributed by atoms with Crippen molar-refractivity contribution < 1.29 is 14.0 Å². The highest BCUT2D eigenvalue weighted by Crippen LogP contribution is 2.51. The summed E-state index contributed by atoms with van der Waals surface area (Å²) in [6.07, 6.45) is 7.66. The van der Waals surface area contributed by atoms with Gasteiger partial charge in [-0.2, -0.15) is 0 Å². The van der Waals surface area contributed by atoms with Gasteiger partial charge < -0.3 is 19.5 Å². The van der Waals surface area contributed by atoms with Crippen molar-refractivity contribution in [2.45, 2.75) is 51.1 Å². The Labute approximate surface area is 264 Å². The minimum Gasteiger partial charge on any atom is -0.464 e. The van der Waals surface area contributed by atoms with E-state index in [1.54, 1.807) is 12.5 Å². The summed E-state index contributed by atoms with van der Waals surface area (Å²) in [5.41, 5.74) is 12.5. The summed E-state index contributed by atoms with van der Waals surface area (Å²) in [5, 5.41) is 4.05. The van der Waals surface area contributed by atoms with Gasteiger partial charge in [-0.1, -0.05) is 18.2 Å². The largest absolute Gasteiger partial charge is 0.464 e. The molecule has 9 nitrogen and oxygen atoms in total. The van der Waals surface area contributed by atoms with Crippen molar-refractivity contribution in [3.05, 3.63) is 95.0 Å². The molecule has 3 aliphatic rings. The highest BCUT2D eigenvalue weighted by Gasteiger charge is 2.44. The SMILES string of the molecule is Cc1c(C(=O)NN[C@H]2C[C@H]3CC[C@@H](C2)C3c2ccc(C(=O)NCc3ccc(N4CCN(C)CC4)cc3)cn2)ccc2ccoc12. The monoisotopic (exact) mass is 606 g/mol. The van der Waals surface area contributed by atoms with E-state index >= 15 is 0 Å². The predicted octanol–water partition coefficient (Wildman–Crippen LogP) is 5.02. The maximum atomic E-state index is 13.0. The van der Waals surface area contributed by atoms with Crippen LogP contribution in [0.15, 0.2) is 71.5 Å². The quantitative estimate of drug-likeness (QED) is 0.242. The third-order valence-corrected chi connectivity index (χ3v) is 10.3. The molecule has 2 bridgehead atoms. The van der Waals surface area contributed by atoms with Gasteiger partial charge in [0.1, 0.15) is 5.58 Å². The van der Waals surface area contributed by atoms with Crippen molar-refractivity contribution in [1.82, 2.24) is 26.1 Å². The average molecular weight is 607 g/mol. The lowest BCUT2D eigenvalue weighted by Crippen LogP contribution is -2.47. The zero-order valence-corrected chi connectivity index (χ0v) is 26.1. The van der Waals surface area contributed by atoms with E-state index in [2.05, 4.69) is 57.3 Å². The van der Waals surface area contributed by atoms with Gasteiger partial charge in [0.25, 0.3) is 11.8 Å². The Morgan fingerprint density at radius 3 is 2.38 bits per heavy atom. The van der Waals surface area contributed by atoms with E-state index in [0.29, 0.717) is 35.4 Å². The van der Waals surface area contributed by atoms with Crippen LogP contribution in [0.3, 0.4) is 0 Å². The van der Waals surface area contributed by atoms with Crippen molar-refractivity contribution >= 4 is 28.5 Å². The highest BCUT2D eigenvalue weighted by atomic mass is 16.3. The first-order valence-electron chi connectivity index (χ1n) is 16.2. The van der Waals surface area contributed by atoms with Gasteiger partial charge >= 0.3 is 0 Å². The molecule has 1 aliphatic heterocycles. The van der Waals surface area contributed by atoms with Gasteiger partial charge in [0, 0.05) is 78.8 Å². The first kappa shape index (κ1) is 29.5. The standard InChI is InChI=1S/C36H42N6O3/c1-23-31(11-7-25-13-18-45-34(23)25)36(44)40-39-29-19-26-5-6-27(20-29)33(26)32-12-8-28(22-37-32)35(43)38-21-24-3-9-30(10-4-24)42-16-14-41(2)15-17-42/h3-4,7-13,18,22,26-27,29,33,39H,5-6,14-17,19-21H2,1-2H3,(H,38,43)(H,40,44)/t26-,27+,29+,33?. The number of nitrogens with one attached hydrogen (secondary N) is 3. The maximum absolute atomic E-state index is 13.0. The van der Waals surface area contributed by atoms with Crippen LogP contribution < -0.4 is 21.1 Å². The second-order valence-corrected chi connectivity index (χ2v) is 13.1. The topological polar surface area (TPSA) is 103 Å². The van der Waals surface area contributed by atoms with Crippen molar-refractivity contribution in [2.24, 2.45) is 11.8 Å². The maximum Gasteiger partial charge on any atom is 0.265 e. The summed E-state index contributed by atoms with van der Waals surface area (Å²) in [4.78, 5) is 35.4. The number of nitrogens with zero attached hydrogens (tertiary/aromatic N) is 3. The van der Waals surface area contributed by atoms with Crippen LogP contribution in [-0.2, 0) is 6.54 Å². The molecular weight excluding hydrogens is 564 g/mol. The van der Waals surface area contributed by atoms with Crippen molar-refractivity contribution in [3.8, 4) is 0 Å². The second-order valence-electron chi connectivity index (χ2n) is 13.1. The number of aromatic nitrogens is 1. The van der Waals surface area contributed by atoms with E-state index in [0.717, 1.165) is 79.7 Å². The van der Waals surface area contributed by atoms with E-state index in [4.69, 9.17) is 9.40 Å². The summed E-state index contributed by atoms with van der Waals surface area (Å²) >= 11 is 0. The van der Waals surface area contributed by atoms with Gasteiger partial charge in [0.15, 0.2) is 0 Å². The van der Waals surface area contributed by atoms with Crippen LogP contribution in [-0.4, -0.2) is 61.0 Å². The molecule has 1 unspecified atom stereocenters. The molecule has 2 amide bonds. The fourth-order valence-corrected chi connectivity index (χ4v) is 7.70. The fraction of sp³-hybridized carbons (Fsp3) is 0.417. The molecule has 45 heavy (non-hydrogen) atoms. The summed E-state index contributed by atoms with van der Waals surface area (Å²) in [6.45, 7) is 6.64. The molecule has 3 N–H and O–H groups in total. The van der Waals surface area contributed by atoms with E-state index in [1.165, 1.54) is 5.69 Å². The first-order valence-corrected chi connectivity index (χ1v) is 16.2. The molecule has 234 valence electrons. The molecular formula is C36H42N6O3. The number of carbonyl (C=O) groups excluding carboxylic acids is 2. The number of amides is 2. The van der Waals surface area contributed by atoms with E-state index in [-0.39, 0.29) is 17.9 Å². The second kappa shape index (κ2) is 12.7. The molecule has 4 atom stereocenters. The lowest BCUT2D eigenvalue weighted by molar-refractivity contribution is 0.0908. The molecule has 2 aromatic carbocycles. The molecule has 1 saturated heterocycles. The van der Waals surface area contributed by atoms with Crippen LogP contribution in [0.2, 0.25) is 0 Å². The summed E-state index contributed by atoms with van der Waals surface area (Å²) in [7, 11) is 2.16. The fourth-order valence-electron chi connectivity index (χ4n) is 7.70. The number of likely N-dealkylation sites (N-methyl/N-ethyl adjacent to an activating group) is 1. The number of aryl methyl sites for hydroxylation is 1. The lowest BCUT2D eigenvalue weighted by Gasteiger charge is -2.35. The van der Waals surface area contributed by atoms with E-state index in [1.807, 2.05) is 37.3 Å². The van der Waals surface area contributed by atoms with Gasteiger partial charge in [-0.25, -0.2) is 5.43 Å². The molecule has 3 fully saturated rings. The Kier molecular flexibility index (Phi) is 8.29. The number of furan rings is 1. The molecule has 0 spiro atoms. The van der Waals surface area contributed by atoms with E-state index in [9.17, 15) is 9.59 Å². The molecule has 2 aromatic heterocycles. The van der Waals surface area contributed by atoms with E-state index < -0.39 is 0 Å². The van der Waals surface area contributed by atoms with Gasteiger partial charge in [0.2, 0.25) is 0 Å². The highest BCUT2D eigenvalue weighted by molar-refractivity contribution is 5.99. The third-order valence-electron chi connectivity index (χ3n) is 10.3. The predicted molar refractivity (Wildman–Crippen MR) is 175 cm³/mol. The number of carbonyl (C=O) groups is 2. The average Bonchev–Trinajstić information content (AvgIpc) is 3.66. The first-order chi connectivity index (χ1) is 21.9. The molecule has 2 saturated carbocycles. The molecule has 9 heteroatoms. The number of hydrazine groups is 1. The van der Waals surface area contributed by atoms with Crippen molar-refractivity contribution in [3.63, 3.8) is 0 Å². The Morgan fingerprint density at radius 1 is 0.911 bits per heavy atom. The number of hydrogen-bond donors (Lipinski definition) is 3. The van der Waals surface area contributed by atoms with Gasteiger partial charge in [-0.15, -0.1) is 0 Å². The van der Waals surface area contributed by atoms with Gasteiger partial charge in [-0.05, 0) is 93.5 Å². The molecule has 4 aromatic rings. The number of fused-ring (bicyclic) bond motifs is 3. The number of benzene rings is 2. The minimum atomic E-state index is -0.140. The zero-order valence-electron chi connectivity index (χ0n) is 26.1. The Bertz CT molecular complexity index is 1640. The normalized spacial score (nSPS) is 23.3. The zero-order chi connectivity index (χ0) is 30.9. The molecule has 3 heterocycles. The number of pyridine rings is 1. The van der Waals surface area contributed by atoms with Crippen LogP contribution in [0.25, 0.3) is 11.0 Å². The third kappa shape index (κ3) is 6.19. The number of anilines is 1. The lowest BCUT2D eigenvalue weighted by atomic mass is 9.74. The summed E-state index contributed by atoms with van der Waals surface area (Å²) in [6, 6.07) is 18.4. The number of hydrogen-bond acceptors (Lipinski definition) is 7. The number of piperazine rings is 1. The summed E-state index contributed by atoms with van der Waals surface area (Å²) < 4.78 is 5.57. The Balaban J connectivity index is 0.903. The molecule has 2 aliphatic carbocycles. The molecule has 0 radical (unpaired) electrons. The summed E-state index contributed by atoms with van der Waals surface area (Å²) in [5.74, 6) is 1.14. The number of rotatable bonds is 8. The molecule has 7 rings (SSSR count). The van der Waals surface area contributed by atoms with Crippen LogP contribution in [0.5, 0.6) is 0 Å². The van der Waals surface area contributed by atoms with Crippen molar-refractivity contribution in [1.29, 1.82) is 0 Å². The van der Waals surface area contributed by atoms with Gasteiger partial charge in [-0.3, -0.25) is 20.0 Å². The minimum absolute atomic E-state index is 0.106. The van der Waals surface area contributed by atoms with Crippen LogP contribution in [0, 0.1) is 18.8 Å². The Hall–Kier alpha value is -4.21. The van der Waals surface area contributed by atoms with Crippen LogP contribution >= 0.6 is 0 Å². The van der Waals surface area contributed by atoms with Crippen LogP contribution in [0.4, 0.5) is 5.69 Å². The van der Waals surface area contributed by atoms with Crippen molar-refractivity contribution in [2.75, 3.05) is 38.1 Å². The van der Waals surface area contributed by atoms with Crippen LogP contribution in [0.1, 0.15) is 69.1 Å².